The van der Waals surface area contributed by atoms with Gasteiger partial charge in [-0.05, 0) is 18.2 Å². The van der Waals surface area contributed by atoms with E-state index in [4.69, 9.17) is 0 Å². The van der Waals surface area contributed by atoms with Gasteiger partial charge in [-0.2, -0.15) is 13.2 Å². The molecule has 0 aliphatic rings. The highest BCUT2D eigenvalue weighted by atomic mass is 19.4. The predicted molar refractivity (Wildman–Crippen MR) is 70.8 cm³/mol. The lowest BCUT2D eigenvalue weighted by atomic mass is 9.96. The quantitative estimate of drug-likeness (QED) is 0.788. The Bertz CT molecular complexity index is 545. The average Bonchev–Trinajstić information content (AvgIpc) is 2.32. The van der Waals surface area contributed by atoms with Crippen molar-refractivity contribution in [1.82, 2.24) is 5.32 Å². The van der Waals surface area contributed by atoms with E-state index in [1.807, 2.05) is 0 Å². The van der Waals surface area contributed by atoms with Gasteiger partial charge in [0.2, 0.25) is 5.91 Å². The van der Waals surface area contributed by atoms with Crippen molar-refractivity contribution < 1.29 is 18.0 Å². The second kappa shape index (κ2) is 6.00. The van der Waals surface area contributed by atoms with Gasteiger partial charge in [-0.3, -0.25) is 4.79 Å². The van der Waals surface area contributed by atoms with Crippen molar-refractivity contribution in [2.45, 2.75) is 26.9 Å². The van der Waals surface area contributed by atoms with Crippen molar-refractivity contribution in [2.75, 3.05) is 6.54 Å². The van der Waals surface area contributed by atoms with Crippen LogP contribution in [0.4, 0.5) is 13.2 Å². The fourth-order valence-corrected chi connectivity index (χ4v) is 1.31. The molecule has 0 heterocycles. The van der Waals surface area contributed by atoms with Gasteiger partial charge in [0.25, 0.3) is 0 Å². The molecule has 2 nitrogen and oxygen atoms in total. The number of carbonyl (C=O) groups excluding carboxylic acids is 1. The summed E-state index contributed by atoms with van der Waals surface area (Å²) in [4.78, 5) is 11.5. The standard InChI is InChI=1S/C15H16F3NO/c1-14(2,3)13(20)19-9-5-7-11-6-4-8-12(10-11)15(16,17)18/h4,6,8,10H,9H2,1-3H3,(H,19,20). The fraction of sp³-hybridized carbons (Fsp3) is 0.400. The largest absolute Gasteiger partial charge is 0.416 e. The van der Waals surface area contributed by atoms with Crippen LogP contribution in [0.3, 0.4) is 0 Å². The number of rotatable bonds is 1. The third kappa shape index (κ3) is 4.96. The predicted octanol–water partition coefficient (Wildman–Crippen LogP) is 3.22. The molecule has 1 aromatic rings. The average molecular weight is 283 g/mol. The second-order valence-electron chi connectivity index (χ2n) is 5.31. The molecule has 1 amide bonds. The molecule has 0 aliphatic heterocycles. The minimum absolute atomic E-state index is 0.104. The summed E-state index contributed by atoms with van der Waals surface area (Å²) >= 11 is 0. The lowest BCUT2D eigenvalue weighted by molar-refractivity contribution is -0.137. The second-order valence-corrected chi connectivity index (χ2v) is 5.31. The van der Waals surface area contributed by atoms with E-state index in [1.54, 1.807) is 20.8 Å². The molecular weight excluding hydrogens is 267 g/mol. The van der Waals surface area contributed by atoms with Crippen LogP contribution < -0.4 is 5.32 Å². The highest BCUT2D eigenvalue weighted by Gasteiger charge is 2.30. The molecule has 0 radical (unpaired) electrons. The molecule has 5 heteroatoms. The normalized spacial score (nSPS) is 11.5. The number of hydrogen-bond donors (Lipinski definition) is 1. The minimum Gasteiger partial charge on any atom is -0.345 e. The topological polar surface area (TPSA) is 29.1 Å². The third-order valence-corrected chi connectivity index (χ3v) is 2.44. The number of hydrogen-bond acceptors (Lipinski definition) is 1. The Morgan fingerprint density at radius 1 is 1.25 bits per heavy atom. The first-order valence-electron chi connectivity index (χ1n) is 6.05. The van der Waals surface area contributed by atoms with Crippen LogP contribution in [-0.4, -0.2) is 12.5 Å². The molecule has 0 saturated carbocycles. The molecule has 0 unspecified atom stereocenters. The number of nitrogens with one attached hydrogen (secondary N) is 1. The van der Waals surface area contributed by atoms with Crippen LogP contribution in [0.25, 0.3) is 0 Å². The summed E-state index contributed by atoms with van der Waals surface area (Å²) in [6.45, 7) is 5.40. The maximum Gasteiger partial charge on any atom is 0.416 e. The summed E-state index contributed by atoms with van der Waals surface area (Å²) in [6, 6.07) is 4.78. The molecule has 1 rings (SSSR count). The van der Waals surface area contributed by atoms with Crippen LogP contribution in [0.1, 0.15) is 31.9 Å². The first-order chi connectivity index (χ1) is 9.10. The van der Waals surface area contributed by atoms with Crippen LogP contribution in [0.5, 0.6) is 0 Å². The van der Waals surface area contributed by atoms with Gasteiger partial charge in [0.1, 0.15) is 0 Å². The zero-order valence-corrected chi connectivity index (χ0v) is 11.6. The van der Waals surface area contributed by atoms with E-state index in [1.165, 1.54) is 12.1 Å². The van der Waals surface area contributed by atoms with E-state index < -0.39 is 17.2 Å². The summed E-state index contributed by atoms with van der Waals surface area (Å²) < 4.78 is 37.5. The van der Waals surface area contributed by atoms with E-state index in [-0.39, 0.29) is 18.0 Å². The molecule has 0 spiro atoms. The first kappa shape index (κ1) is 16.1. The summed E-state index contributed by atoms with van der Waals surface area (Å²) in [7, 11) is 0. The summed E-state index contributed by atoms with van der Waals surface area (Å²) in [5, 5.41) is 2.60. The van der Waals surface area contributed by atoms with Gasteiger partial charge in [0.05, 0.1) is 12.1 Å². The Balaban J connectivity index is 2.67. The molecule has 1 aromatic carbocycles. The monoisotopic (exact) mass is 283 g/mol. The van der Waals surface area contributed by atoms with Gasteiger partial charge >= 0.3 is 6.18 Å². The van der Waals surface area contributed by atoms with E-state index in [2.05, 4.69) is 17.2 Å². The van der Waals surface area contributed by atoms with Crippen LogP contribution in [0.2, 0.25) is 0 Å². The highest BCUT2D eigenvalue weighted by Crippen LogP contribution is 2.29. The van der Waals surface area contributed by atoms with Crippen LogP contribution in [0.15, 0.2) is 24.3 Å². The summed E-state index contributed by atoms with van der Waals surface area (Å²) in [5.74, 6) is 5.08. The number of carbonyl (C=O) groups is 1. The van der Waals surface area contributed by atoms with Gasteiger partial charge in [-0.25, -0.2) is 0 Å². The Hall–Kier alpha value is -1.96. The molecule has 0 saturated heterocycles. The fourth-order valence-electron chi connectivity index (χ4n) is 1.31. The maximum atomic E-state index is 12.5. The maximum absolute atomic E-state index is 12.5. The van der Waals surface area contributed by atoms with Crippen molar-refractivity contribution in [2.24, 2.45) is 5.41 Å². The van der Waals surface area contributed by atoms with Gasteiger partial charge in [-0.15, -0.1) is 0 Å². The summed E-state index contributed by atoms with van der Waals surface area (Å²) in [6.07, 6.45) is -4.38. The van der Waals surface area contributed by atoms with Crippen molar-refractivity contribution in [1.29, 1.82) is 0 Å². The minimum atomic E-state index is -4.38. The van der Waals surface area contributed by atoms with Crippen LogP contribution in [-0.2, 0) is 11.0 Å². The Morgan fingerprint density at radius 2 is 1.90 bits per heavy atom. The van der Waals surface area contributed by atoms with Gasteiger partial charge in [0, 0.05) is 11.0 Å². The van der Waals surface area contributed by atoms with E-state index in [0.29, 0.717) is 0 Å². The van der Waals surface area contributed by atoms with Gasteiger partial charge in [-0.1, -0.05) is 38.7 Å². The van der Waals surface area contributed by atoms with E-state index >= 15 is 0 Å². The molecule has 0 aliphatic carbocycles. The molecular formula is C15H16F3NO. The molecule has 0 fully saturated rings. The SMILES string of the molecule is CC(C)(C)C(=O)NCC#Cc1cccc(C(F)(F)F)c1. The van der Waals surface area contributed by atoms with Crippen molar-refractivity contribution >= 4 is 5.91 Å². The number of halogens is 3. The Kier molecular flexibility index (Phi) is 4.83. The summed E-state index contributed by atoms with van der Waals surface area (Å²) in [5.41, 5.74) is -0.981. The molecule has 1 N–H and O–H groups in total. The Morgan fingerprint density at radius 3 is 2.45 bits per heavy atom. The number of alkyl halides is 3. The molecule has 0 bridgehead atoms. The number of amides is 1. The molecule has 20 heavy (non-hydrogen) atoms. The van der Waals surface area contributed by atoms with E-state index in [0.717, 1.165) is 12.1 Å². The lowest BCUT2D eigenvalue weighted by Gasteiger charge is -2.16. The Labute approximate surface area is 116 Å². The van der Waals surface area contributed by atoms with Crippen molar-refractivity contribution in [3.63, 3.8) is 0 Å². The van der Waals surface area contributed by atoms with Crippen LogP contribution >= 0.6 is 0 Å². The van der Waals surface area contributed by atoms with Crippen molar-refractivity contribution in [3.8, 4) is 11.8 Å². The lowest BCUT2D eigenvalue weighted by Crippen LogP contribution is -2.34. The number of benzene rings is 1. The van der Waals surface area contributed by atoms with Gasteiger partial charge < -0.3 is 5.32 Å². The van der Waals surface area contributed by atoms with Crippen molar-refractivity contribution in [3.05, 3.63) is 35.4 Å². The third-order valence-electron chi connectivity index (χ3n) is 2.44. The zero-order valence-electron chi connectivity index (χ0n) is 11.6. The molecule has 0 atom stereocenters. The van der Waals surface area contributed by atoms with E-state index in [9.17, 15) is 18.0 Å². The van der Waals surface area contributed by atoms with Gasteiger partial charge in [0.15, 0.2) is 0 Å². The zero-order chi connectivity index (χ0) is 15.4. The smallest absolute Gasteiger partial charge is 0.345 e. The van der Waals surface area contributed by atoms with Crippen LogP contribution in [0, 0.1) is 17.3 Å². The molecule has 0 aromatic heterocycles. The first-order valence-corrected chi connectivity index (χ1v) is 6.05. The molecule has 108 valence electrons. The highest BCUT2D eigenvalue weighted by molar-refractivity contribution is 5.81.